The molecule has 2 saturated carbocycles. The molecule has 0 aromatic heterocycles. The number of carbonyl (C=O) groups is 4. The number of amides is 1. The SMILES string of the molecule is CSCOC(C(=O)OC1CC2(O)C(OC(=O)c3ccccc3)C3C4(O)COC4CC(O)[C@@]3(C)C(=O)C(O)C(=C1C)C2(C)C)C(NC(=O)c1ccccc1)c1ccccc1.[Ac].[Ac]. The fourth-order valence-electron chi connectivity index (χ4n) is 9.83. The van der Waals surface area contributed by atoms with Gasteiger partial charge in [-0.3, -0.25) is 9.59 Å². The van der Waals surface area contributed by atoms with Crippen molar-refractivity contribution in [2.45, 2.75) is 94.4 Å². The van der Waals surface area contributed by atoms with Crippen LogP contribution in [-0.4, -0.2) is 111 Å². The van der Waals surface area contributed by atoms with Crippen LogP contribution in [-0.2, 0) is 28.5 Å². The summed E-state index contributed by atoms with van der Waals surface area (Å²) in [5.41, 5.74) is -6.39. The Hall–Kier alpha value is -1.53. The molecule has 3 aromatic rings. The van der Waals surface area contributed by atoms with Gasteiger partial charge in [0.1, 0.15) is 29.5 Å². The van der Waals surface area contributed by atoms with Crippen molar-refractivity contribution in [2.75, 3.05) is 18.8 Å². The van der Waals surface area contributed by atoms with Crippen LogP contribution in [0.5, 0.6) is 0 Å². The number of aliphatic hydroxyl groups excluding tert-OH is 2. The summed E-state index contributed by atoms with van der Waals surface area (Å²) >= 11 is 1.29. The van der Waals surface area contributed by atoms with Crippen LogP contribution in [0.15, 0.2) is 102 Å². The van der Waals surface area contributed by atoms with Crippen LogP contribution in [0.25, 0.3) is 0 Å². The molecule has 0 spiro atoms. The van der Waals surface area contributed by atoms with E-state index in [4.69, 9.17) is 18.9 Å². The number of Topliss-reactive ketones (excluding diaryl/α,β-unsaturated/α-hetero) is 1. The zero-order valence-corrected chi connectivity index (χ0v) is 45.0. The van der Waals surface area contributed by atoms with Crippen LogP contribution >= 0.6 is 11.8 Å². The van der Waals surface area contributed by atoms with Gasteiger partial charge >= 0.3 is 11.9 Å². The Bertz CT molecular complexity index is 2110. The number of benzene rings is 3. The van der Waals surface area contributed by atoms with Crippen LogP contribution in [0.1, 0.15) is 72.9 Å². The second-order valence-corrected chi connectivity index (χ2v) is 17.6. The number of ketones is 1. The first kappa shape index (κ1) is 50.5. The van der Waals surface area contributed by atoms with Gasteiger partial charge in [-0.25, -0.2) is 9.59 Å². The zero-order chi connectivity index (χ0) is 42.5. The van der Waals surface area contributed by atoms with Crippen molar-refractivity contribution in [3.05, 3.63) is 119 Å². The minimum Gasteiger partial charge on any atom is -0.456 e. The molecule has 61 heavy (non-hydrogen) atoms. The quantitative estimate of drug-likeness (QED) is 0.105. The molecule has 2 radical (unpaired) electrons. The van der Waals surface area contributed by atoms with E-state index in [1.54, 1.807) is 106 Å². The number of aliphatic hydroxyl groups is 4. The monoisotopic (exact) mass is 1280 g/mol. The fourth-order valence-corrected chi connectivity index (χ4v) is 10.1. The number of hydrogen-bond donors (Lipinski definition) is 5. The summed E-state index contributed by atoms with van der Waals surface area (Å²) in [6, 6.07) is 24.2. The number of ether oxygens (including phenoxy) is 4. The fraction of sp³-hybridized carbons (Fsp3) is 0.467. The van der Waals surface area contributed by atoms with Gasteiger partial charge in [0, 0.05) is 118 Å². The van der Waals surface area contributed by atoms with Gasteiger partial charge in [-0.05, 0) is 61.1 Å². The van der Waals surface area contributed by atoms with E-state index in [2.05, 4.69) is 5.32 Å². The van der Waals surface area contributed by atoms with Crippen molar-refractivity contribution in [1.82, 2.24) is 5.32 Å². The smallest absolute Gasteiger partial charge is 0.338 e. The van der Waals surface area contributed by atoms with Crippen LogP contribution in [0.3, 0.4) is 0 Å². The molecule has 13 nitrogen and oxygen atoms in total. The molecule has 1 heterocycles. The molecule has 3 aromatic carbocycles. The normalized spacial score (nSPS) is 32.0. The van der Waals surface area contributed by atoms with E-state index in [0.29, 0.717) is 11.1 Å². The summed E-state index contributed by atoms with van der Waals surface area (Å²) in [7, 11) is 0. The molecule has 5 N–H and O–H groups in total. The second kappa shape index (κ2) is 19.9. The van der Waals surface area contributed by atoms with Gasteiger partial charge in [0.2, 0.25) is 0 Å². The first-order valence-corrected chi connectivity index (χ1v) is 21.1. The van der Waals surface area contributed by atoms with Gasteiger partial charge in [0.15, 0.2) is 11.9 Å². The third-order valence-corrected chi connectivity index (χ3v) is 13.6. The van der Waals surface area contributed by atoms with E-state index in [0.717, 1.165) is 0 Å². The number of esters is 2. The van der Waals surface area contributed by atoms with E-state index in [1.807, 2.05) is 0 Å². The molecular formula is C45H51Ac2NO12S. The number of nitrogens with one attached hydrogen (secondary N) is 1. The number of thioether (sulfide) groups is 1. The van der Waals surface area contributed by atoms with Crippen LogP contribution in [0, 0.1) is 105 Å². The number of fused-ring (bicyclic) bond motifs is 5. The molecular weight excluding hydrogens is 1230 g/mol. The zero-order valence-electron chi connectivity index (χ0n) is 34.7. The summed E-state index contributed by atoms with van der Waals surface area (Å²) in [5.74, 6) is -4.60. The van der Waals surface area contributed by atoms with Crippen molar-refractivity contribution >= 4 is 35.4 Å². The van der Waals surface area contributed by atoms with Gasteiger partial charge < -0.3 is 44.7 Å². The molecule has 10 unspecified atom stereocenters. The van der Waals surface area contributed by atoms with Gasteiger partial charge in [0.25, 0.3) is 5.91 Å². The standard InChI is InChI=1S/C45H51NO12S.2Ac/c1-25-29(57-41(52)35(56-24-59-5)33(26-15-9-6-10-16-26)46-39(50)27-17-11-7-12-18-27)22-45(54)38(58-40(51)28-19-13-8-14-20-28)36-43(4,30(47)21-31-44(36,53)23-55-31)37(49)34(48)32(25)42(45,2)3;;/h6-20,29-31,33-36,38,47-48,53-54H,21-24H2,1-5H3,(H,46,50);;/t29?,30?,31?,33?,34?,35?,36?,38?,43-,44?,45?;;/m1../s1. The maximum Gasteiger partial charge on any atom is 0.338 e. The minimum absolute atomic E-state index is 0. The average molecular weight is 1280 g/mol. The first-order chi connectivity index (χ1) is 28.0. The van der Waals surface area contributed by atoms with E-state index in [-0.39, 0.29) is 124 Å². The Morgan fingerprint density at radius 1 is 0.885 bits per heavy atom. The Balaban J connectivity index is 0.00000352. The van der Waals surface area contributed by atoms with Crippen molar-refractivity contribution in [3.8, 4) is 0 Å². The summed E-state index contributed by atoms with van der Waals surface area (Å²) in [5, 5.41) is 52.7. The maximum atomic E-state index is 14.9. The van der Waals surface area contributed by atoms with Crippen molar-refractivity contribution in [1.29, 1.82) is 0 Å². The molecule has 3 aliphatic carbocycles. The van der Waals surface area contributed by atoms with Gasteiger partial charge in [-0.1, -0.05) is 80.6 Å². The van der Waals surface area contributed by atoms with Gasteiger partial charge in [-0.2, -0.15) is 0 Å². The number of hydrogen-bond acceptors (Lipinski definition) is 13. The van der Waals surface area contributed by atoms with E-state index in [1.165, 1.54) is 30.8 Å². The maximum absolute atomic E-state index is 14.9. The molecule has 3 fully saturated rings. The molecule has 4 aliphatic rings. The predicted octanol–water partition coefficient (Wildman–Crippen LogP) is 3.94. The summed E-state index contributed by atoms with van der Waals surface area (Å²) in [6.45, 7) is 5.89. The molecule has 1 aliphatic heterocycles. The van der Waals surface area contributed by atoms with Gasteiger partial charge in [0.05, 0.1) is 41.8 Å². The first-order valence-electron chi connectivity index (χ1n) is 19.7. The molecule has 2 bridgehead atoms. The van der Waals surface area contributed by atoms with Crippen LogP contribution in [0.2, 0.25) is 0 Å². The van der Waals surface area contributed by atoms with E-state index in [9.17, 15) is 39.6 Å². The summed E-state index contributed by atoms with van der Waals surface area (Å²) < 4.78 is 24.4. The third kappa shape index (κ3) is 8.93. The Labute approximate surface area is 431 Å². The van der Waals surface area contributed by atoms with Crippen molar-refractivity contribution in [3.63, 3.8) is 0 Å². The van der Waals surface area contributed by atoms with Gasteiger partial charge in [-0.15, -0.1) is 11.8 Å². The number of rotatable bonds is 11. The number of carbonyl (C=O) groups excluding carboxylic acids is 4. The second-order valence-electron chi connectivity index (χ2n) is 16.8. The predicted molar refractivity (Wildman–Crippen MR) is 216 cm³/mol. The minimum atomic E-state index is -2.27. The molecule has 11 atom stereocenters. The third-order valence-electron chi connectivity index (χ3n) is 13.3. The van der Waals surface area contributed by atoms with Crippen molar-refractivity contribution in [2.24, 2.45) is 16.7 Å². The van der Waals surface area contributed by atoms with Crippen LogP contribution < -0.4 is 5.32 Å². The molecule has 16 heteroatoms. The Morgan fingerprint density at radius 3 is 2.02 bits per heavy atom. The Kier molecular flexibility index (Phi) is 16.5. The van der Waals surface area contributed by atoms with Crippen molar-refractivity contribution < 1.29 is 147 Å². The largest absolute Gasteiger partial charge is 0.456 e. The summed E-state index contributed by atoms with van der Waals surface area (Å²) in [4.78, 5) is 57.2. The van der Waals surface area contributed by atoms with E-state index >= 15 is 0 Å². The topological polar surface area (TPSA) is 198 Å². The molecule has 320 valence electrons. The van der Waals surface area contributed by atoms with E-state index < -0.39 is 101 Å². The molecule has 1 saturated heterocycles. The Morgan fingerprint density at radius 2 is 1.46 bits per heavy atom. The molecule has 1 amide bonds. The van der Waals surface area contributed by atoms with Crippen LogP contribution in [0.4, 0.5) is 0 Å². The summed E-state index contributed by atoms with van der Waals surface area (Å²) in [6.07, 6.45) is -7.72. The molecule has 7 rings (SSSR count). The average Bonchev–Trinajstić information content (AvgIpc) is 3.23.